The first-order valence-electron chi connectivity index (χ1n) is 6.44. The van der Waals surface area contributed by atoms with E-state index >= 15 is 0 Å². The van der Waals surface area contributed by atoms with Gasteiger partial charge in [-0.05, 0) is 13.0 Å². The number of aromatic nitrogens is 3. The van der Waals surface area contributed by atoms with Crippen LogP contribution in [0.5, 0.6) is 0 Å². The molecule has 0 fully saturated rings. The lowest BCUT2D eigenvalue weighted by atomic mass is 10.2. The van der Waals surface area contributed by atoms with Gasteiger partial charge in [0.15, 0.2) is 5.13 Å². The van der Waals surface area contributed by atoms with Crippen LogP contribution in [0.4, 0.5) is 5.13 Å². The molecule has 1 N–H and O–H groups in total. The van der Waals surface area contributed by atoms with Crippen molar-refractivity contribution < 1.29 is 4.79 Å². The second-order valence-electron chi connectivity index (χ2n) is 4.49. The molecule has 2 aromatic heterocycles. The van der Waals surface area contributed by atoms with Crippen LogP contribution in [0.3, 0.4) is 0 Å². The molecular formula is C15H11ClN4OS. The number of benzene rings is 1. The van der Waals surface area contributed by atoms with Gasteiger partial charge >= 0.3 is 0 Å². The number of carbonyl (C=O) groups is 1. The first-order chi connectivity index (χ1) is 10.6. The maximum Gasteiger partial charge on any atom is 0.260 e. The molecule has 0 unspecified atom stereocenters. The van der Waals surface area contributed by atoms with E-state index in [1.165, 1.54) is 23.7 Å². The number of carbonyl (C=O) groups excluding carboxylic acids is 1. The quantitative estimate of drug-likeness (QED) is 0.792. The molecule has 0 spiro atoms. The molecule has 1 amide bonds. The molecule has 0 aliphatic rings. The van der Waals surface area contributed by atoms with Gasteiger partial charge in [-0.2, -0.15) is 0 Å². The average molecular weight is 331 g/mol. The minimum atomic E-state index is -0.292. The van der Waals surface area contributed by atoms with E-state index in [-0.39, 0.29) is 5.91 Å². The Balaban J connectivity index is 1.78. The Labute approximate surface area is 136 Å². The Morgan fingerprint density at radius 3 is 2.68 bits per heavy atom. The van der Waals surface area contributed by atoms with Crippen molar-refractivity contribution in [3.63, 3.8) is 0 Å². The molecule has 0 saturated carbocycles. The van der Waals surface area contributed by atoms with E-state index in [0.29, 0.717) is 21.5 Å². The van der Waals surface area contributed by atoms with Crippen LogP contribution in [0.25, 0.3) is 11.3 Å². The maximum atomic E-state index is 12.1. The van der Waals surface area contributed by atoms with Gasteiger partial charge in [0.05, 0.1) is 11.3 Å². The molecule has 0 aliphatic carbocycles. The minimum Gasteiger partial charge on any atom is -0.298 e. The fourth-order valence-corrected chi connectivity index (χ4v) is 2.74. The van der Waals surface area contributed by atoms with Gasteiger partial charge < -0.3 is 0 Å². The van der Waals surface area contributed by atoms with E-state index in [9.17, 15) is 4.79 Å². The van der Waals surface area contributed by atoms with Crippen LogP contribution >= 0.6 is 22.9 Å². The summed E-state index contributed by atoms with van der Waals surface area (Å²) in [6.45, 7) is 1.76. The lowest BCUT2D eigenvalue weighted by molar-refractivity contribution is 0.102. The minimum absolute atomic E-state index is 0.292. The Kier molecular flexibility index (Phi) is 4.13. The summed E-state index contributed by atoms with van der Waals surface area (Å²) in [7, 11) is 0. The summed E-state index contributed by atoms with van der Waals surface area (Å²) in [5.41, 5.74) is 1.95. The molecule has 2 heterocycles. The second kappa shape index (κ2) is 6.21. The summed E-state index contributed by atoms with van der Waals surface area (Å²) in [5, 5.41) is 5.71. The smallest absolute Gasteiger partial charge is 0.260 e. The predicted octanol–water partition coefficient (Wildman–Crippen LogP) is 3.81. The third kappa shape index (κ3) is 3.13. The molecule has 0 bridgehead atoms. The molecule has 0 aliphatic heterocycles. The van der Waals surface area contributed by atoms with Crippen LogP contribution in [-0.4, -0.2) is 20.9 Å². The van der Waals surface area contributed by atoms with Crippen molar-refractivity contribution in [1.82, 2.24) is 15.0 Å². The molecule has 22 heavy (non-hydrogen) atoms. The number of hydrogen-bond acceptors (Lipinski definition) is 5. The fourth-order valence-electron chi connectivity index (χ4n) is 1.80. The highest BCUT2D eigenvalue weighted by Gasteiger charge is 2.12. The van der Waals surface area contributed by atoms with E-state index in [0.717, 1.165) is 11.3 Å². The molecule has 3 rings (SSSR count). The van der Waals surface area contributed by atoms with Gasteiger partial charge in [0.2, 0.25) is 0 Å². The largest absolute Gasteiger partial charge is 0.298 e. The van der Waals surface area contributed by atoms with E-state index in [4.69, 9.17) is 11.6 Å². The van der Waals surface area contributed by atoms with Gasteiger partial charge in [-0.1, -0.05) is 29.8 Å². The number of nitrogens with zero attached hydrogens (tertiary/aromatic N) is 3. The lowest BCUT2D eigenvalue weighted by Gasteiger charge is -2.01. The molecule has 0 radical (unpaired) electrons. The number of halogens is 1. The maximum absolute atomic E-state index is 12.1. The van der Waals surface area contributed by atoms with Gasteiger partial charge in [-0.25, -0.2) is 15.0 Å². The van der Waals surface area contributed by atoms with Crippen LogP contribution in [0, 0.1) is 6.92 Å². The van der Waals surface area contributed by atoms with Crippen molar-refractivity contribution >= 4 is 34.0 Å². The lowest BCUT2D eigenvalue weighted by Crippen LogP contribution is -2.12. The summed E-state index contributed by atoms with van der Waals surface area (Å²) in [5.74, 6) is 0.326. The number of hydrogen-bond donors (Lipinski definition) is 1. The zero-order valence-corrected chi connectivity index (χ0v) is 13.1. The first kappa shape index (κ1) is 14.6. The summed E-state index contributed by atoms with van der Waals surface area (Å²) < 4.78 is 0. The summed E-state index contributed by atoms with van der Waals surface area (Å²) in [6.07, 6.45) is 2.97. The number of aryl methyl sites for hydroxylation is 1. The highest BCUT2D eigenvalue weighted by Crippen LogP contribution is 2.30. The monoisotopic (exact) mass is 330 g/mol. The van der Waals surface area contributed by atoms with E-state index in [1.807, 2.05) is 23.6 Å². The number of rotatable bonds is 3. The molecule has 7 heteroatoms. The standard InChI is InChI=1S/C15H11ClN4OS/c1-9-17-6-10(7-18-9)14(21)20-15-19-13(8-22-15)11-4-2-3-5-12(11)16/h2-8H,1H3,(H,19,20,21). The first-order valence-corrected chi connectivity index (χ1v) is 7.69. The van der Waals surface area contributed by atoms with Gasteiger partial charge in [-0.15, -0.1) is 11.3 Å². The van der Waals surface area contributed by atoms with E-state index < -0.39 is 0 Å². The highest BCUT2D eigenvalue weighted by molar-refractivity contribution is 7.14. The molecular weight excluding hydrogens is 320 g/mol. The van der Waals surface area contributed by atoms with Crippen LogP contribution in [0.15, 0.2) is 42.0 Å². The number of thiazole rings is 1. The molecule has 0 atom stereocenters. The van der Waals surface area contributed by atoms with E-state index in [1.54, 1.807) is 13.0 Å². The summed E-state index contributed by atoms with van der Waals surface area (Å²) >= 11 is 7.48. The Morgan fingerprint density at radius 2 is 1.95 bits per heavy atom. The van der Waals surface area contributed by atoms with Crippen LogP contribution in [0.2, 0.25) is 5.02 Å². The van der Waals surface area contributed by atoms with Crippen molar-refractivity contribution in [1.29, 1.82) is 0 Å². The topological polar surface area (TPSA) is 67.8 Å². The van der Waals surface area contributed by atoms with Gasteiger partial charge in [-0.3, -0.25) is 10.1 Å². The van der Waals surface area contributed by atoms with Crippen LogP contribution < -0.4 is 5.32 Å². The molecule has 110 valence electrons. The third-order valence-electron chi connectivity index (χ3n) is 2.92. The van der Waals surface area contributed by atoms with E-state index in [2.05, 4.69) is 20.3 Å². The van der Waals surface area contributed by atoms with Gasteiger partial charge in [0.1, 0.15) is 5.82 Å². The fraction of sp³-hybridized carbons (Fsp3) is 0.0667. The molecule has 3 aromatic rings. The van der Waals surface area contributed by atoms with Crippen LogP contribution in [-0.2, 0) is 0 Å². The zero-order valence-electron chi connectivity index (χ0n) is 11.6. The van der Waals surface area contributed by atoms with Crippen molar-refractivity contribution in [2.24, 2.45) is 0 Å². The van der Waals surface area contributed by atoms with Crippen molar-refractivity contribution in [3.05, 3.63) is 58.4 Å². The van der Waals surface area contributed by atoms with Crippen molar-refractivity contribution in [3.8, 4) is 11.3 Å². The SMILES string of the molecule is Cc1ncc(C(=O)Nc2nc(-c3ccccc3Cl)cs2)cn1. The highest BCUT2D eigenvalue weighted by atomic mass is 35.5. The average Bonchev–Trinajstić information content (AvgIpc) is 2.96. The predicted molar refractivity (Wildman–Crippen MR) is 87.3 cm³/mol. The summed E-state index contributed by atoms with van der Waals surface area (Å²) in [6, 6.07) is 7.44. The number of nitrogens with one attached hydrogen (secondary N) is 1. The second-order valence-corrected chi connectivity index (χ2v) is 5.76. The third-order valence-corrected chi connectivity index (χ3v) is 4.00. The summed E-state index contributed by atoms with van der Waals surface area (Å²) in [4.78, 5) is 24.5. The number of amides is 1. The molecule has 5 nitrogen and oxygen atoms in total. The molecule has 1 aromatic carbocycles. The van der Waals surface area contributed by atoms with Crippen molar-refractivity contribution in [2.75, 3.05) is 5.32 Å². The number of anilines is 1. The van der Waals surface area contributed by atoms with Gasteiger partial charge in [0, 0.05) is 28.4 Å². The van der Waals surface area contributed by atoms with Gasteiger partial charge in [0.25, 0.3) is 5.91 Å². The Bertz CT molecular complexity index is 816. The van der Waals surface area contributed by atoms with Crippen LogP contribution in [0.1, 0.15) is 16.2 Å². The molecule has 0 saturated heterocycles. The van der Waals surface area contributed by atoms with Crippen molar-refractivity contribution in [2.45, 2.75) is 6.92 Å². The zero-order chi connectivity index (χ0) is 15.5. The normalized spacial score (nSPS) is 10.5. The Hall–Kier alpha value is -2.31. The Morgan fingerprint density at radius 1 is 1.23 bits per heavy atom.